The van der Waals surface area contributed by atoms with Gasteiger partial charge < -0.3 is 5.73 Å². The Morgan fingerprint density at radius 2 is 2.18 bits per heavy atom. The van der Waals surface area contributed by atoms with Gasteiger partial charge in [0.15, 0.2) is 0 Å². The number of primary amides is 1. The molecule has 0 saturated heterocycles. The van der Waals surface area contributed by atoms with Gasteiger partial charge in [-0.2, -0.15) is 0 Å². The number of alkyl halides is 1. The van der Waals surface area contributed by atoms with Gasteiger partial charge in [0.1, 0.15) is 9.66 Å². The molecule has 0 bridgehead atoms. The number of halogens is 1. The molecule has 0 spiro atoms. The number of hydrogen-bond acceptors (Lipinski definition) is 4. The van der Waals surface area contributed by atoms with Crippen molar-refractivity contribution in [1.29, 1.82) is 0 Å². The van der Waals surface area contributed by atoms with E-state index in [4.69, 9.17) is 5.73 Å². The first-order valence-corrected chi connectivity index (χ1v) is 8.54. The van der Waals surface area contributed by atoms with Crippen LogP contribution < -0.4 is 10.5 Å². The fourth-order valence-corrected chi connectivity index (χ4v) is 4.38. The van der Waals surface area contributed by atoms with Crippen molar-refractivity contribution in [2.75, 3.05) is 9.38 Å². The first-order chi connectivity index (χ1) is 7.94. The lowest BCUT2D eigenvalue weighted by molar-refractivity contribution is 0.100. The third-order valence-electron chi connectivity index (χ3n) is 2.56. The molecule has 1 amide bonds. The lowest BCUT2D eigenvalue weighted by Gasteiger charge is -2.05. The molecule has 1 heterocycles. The molecule has 0 atom stereocenters. The first kappa shape index (κ1) is 12.8. The van der Waals surface area contributed by atoms with Gasteiger partial charge in [-0.15, -0.1) is 11.3 Å². The molecule has 0 saturated carbocycles. The molecular weight excluding hydrogens is 328 g/mol. The van der Waals surface area contributed by atoms with Crippen LogP contribution in [0.2, 0.25) is 0 Å². The van der Waals surface area contributed by atoms with Crippen LogP contribution in [0.1, 0.15) is 27.2 Å². The zero-order valence-electron chi connectivity index (χ0n) is 8.82. The molecule has 5 nitrogen and oxygen atoms in total. The van der Waals surface area contributed by atoms with Crippen molar-refractivity contribution in [3.8, 4) is 0 Å². The largest absolute Gasteiger partial charge is 0.365 e. The van der Waals surface area contributed by atoms with Crippen LogP contribution in [0.25, 0.3) is 0 Å². The maximum atomic E-state index is 11.5. The number of rotatable bonds is 4. The van der Waals surface area contributed by atoms with E-state index in [-0.39, 0.29) is 4.66 Å². The van der Waals surface area contributed by atoms with Crippen LogP contribution in [-0.2, 0) is 22.9 Å². The van der Waals surface area contributed by atoms with Crippen molar-refractivity contribution in [3.63, 3.8) is 0 Å². The van der Waals surface area contributed by atoms with Crippen molar-refractivity contribution >= 4 is 48.2 Å². The number of carbonyl (C=O) groups is 1. The fraction of sp³-hybridized carbons (Fsp3) is 0.444. The molecule has 0 aromatic carbocycles. The van der Waals surface area contributed by atoms with E-state index in [0.717, 1.165) is 29.7 Å². The van der Waals surface area contributed by atoms with Crippen LogP contribution in [0.3, 0.4) is 0 Å². The zero-order valence-corrected chi connectivity index (χ0v) is 12.0. The Morgan fingerprint density at radius 3 is 2.76 bits per heavy atom. The third-order valence-corrected chi connectivity index (χ3v) is 6.51. The van der Waals surface area contributed by atoms with Gasteiger partial charge in [0.2, 0.25) is 10.0 Å². The molecular formula is C9H11BrN2O3S2. The van der Waals surface area contributed by atoms with Gasteiger partial charge >= 0.3 is 0 Å². The highest BCUT2D eigenvalue weighted by molar-refractivity contribution is 9.10. The summed E-state index contributed by atoms with van der Waals surface area (Å²) in [5.41, 5.74) is 6.57. The average Bonchev–Trinajstić information content (AvgIpc) is 2.75. The summed E-state index contributed by atoms with van der Waals surface area (Å²) in [7, 11) is -3.45. The Balaban J connectivity index is 2.45. The number of carbonyl (C=O) groups excluding carboxylic acids is 1. The third kappa shape index (κ3) is 2.48. The van der Waals surface area contributed by atoms with Gasteiger partial charge in [-0.25, -0.2) is 8.42 Å². The minimum absolute atomic E-state index is 0.208. The number of nitrogens with two attached hydrogens (primary N) is 1. The van der Waals surface area contributed by atoms with Crippen molar-refractivity contribution in [3.05, 3.63) is 16.0 Å². The summed E-state index contributed by atoms with van der Waals surface area (Å²) < 4.78 is 25.1. The van der Waals surface area contributed by atoms with Crippen molar-refractivity contribution in [1.82, 2.24) is 0 Å². The van der Waals surface area contributed by atoms with Crippen LogP contribution in [0.4, 0.5) is 5.00 Å². The van der Waals surface area contributed by atoms with Crippen LogP contribution >= 0.6 is 27.3 Å². The molecule has 94 valence electrons. The highest BCUT2D eigenvalue weighted by atomic mass is 79.9. The summed E-state index contributed by atoms with van der Waals surface area (Å²) in [6, 6.07) is 0. The SMILES string of the molecule is NC(=O)c1c(NS(=O)(=O)CBr)sc2c1CCC2. The van der Waals surface area contributed by atoms with Gasteiger partial charge in [-0.1, -0.05) is 15.9 Å². The molecule has 0 radical (unpaired) electrons. The molecule has 2 rings (SSSR count). The molecule has 8 heteroatoms. The average molecular weight is 339 g/mol. The second-order valence-electron chi connectivity index (χ2n) is 3.75. The Labute approximate surface area is 112 Å². The van der Waals surface area contributed by atoms with Crippen LogP contribution in [0.15, 0.2) is 0 Å². The molecule has 0 aliphatic heterocycles. The van der Waals surface area contributed by atoms with Gasteiger partial charge in [-0.3, -0.25) is 9.52 Å². The first-order valence-electron chi connectivity index (χ1n) is 4.95. The predicted octanol–water partition coefficient (Wildman–Crippen LogP) is 1.43. The standard InChI is InChI=1S/C9H11BrN2O3S2/c10-4-17(14,15)12-9-7(8(11)13)5-2-1-3-6(5)16-9/h12H,1-4H2,(H2,11,13). The van der Waals surface area contributed by atoms with E-state index in [1.807, 2.05) is 0 Å². The molecule has 1 aliphatic carbocycles. The summed E-state index contributed by atoms with van der Waals surface area (Å²) in [4.78, 5) is 12.5. The number of thiophene rings is 1. The van der Waals surface area contributed by atoms with E-state index in [1.165, 1.54) is 11.3 Å². The zero-order chi connectivity index (χ0) is 12.6. The summed E-state index contributed by atoms with van der Waals surface area (Å²) in [6.45, 7) is 0. The van der Waals surface area contributed by atoms with Crippen LogP contribution in [0.5, 0.6) is 0 Å². The predicted molar refractivity (Wildman–Crippen MR) is 71.2 cm³/mol. The number of hydrogen-bond donors (Lipinski definition) is 2. The molecule has 0 unspecified atom stereocenters. The number of sulfonamides is 1. The molecule has 1 aromatic heterocycles. The summed E-state index contributed by atoms with van der Waals surface area (Å²) in [5.74, 6) is -0.573. The summed E-state index contributed by atoms with van der Waals surface area (Å²) in [6.07, 6.45) is 2.67. The number of anilines is 1. The minimum Gasteiger partial charge on any atom is -0.365 e. The van der Waals surface area contributed by atoms with Gasteiger partial charge in [-0.05, 0) is 24.8 Å². The second kappa shape index (κ2) is 4.58. The number of aryl methyl sites for hydroxylation is 1. The Morgan fingerprint density at radius 1 is 1.47 bits per heavy atom. The quantitative estimate of drug-likeness (QED) is 0.813. The van der Waals surface area contributed by atoms with Crippen LogP contribution in [-0.4, -0.2) is 19.0 Å². The fourth-order valence-electron chi connectivity index (χ4n) is 1.91. The molecule has 3 N–H and O–H groups in total. The van der Waals surface area contributed by atoms with Crippen LogP contribution in [0, 0.1) is 0 Å². The second-order valence-corrected chi connectivity index (χ2v) is 7.88. The summed E-state index contributed by atoms with van der Waals surface area (Å²) >= 11 is 4.19. The van der Waals surface area contributed by atoms with E-state index in [9.17, 15) is 13.2 Å². The maximum Gasteiger partial charge on any atom is 0.252 e. The molecule has 1 aliphatic rings. The normalized spacial score (nSPS) is 14.6. The van der Waals surface area contributed by atoms with Crippen molar-refractivity contribution in [2.45, 2.75) is 19.3 Å². The lowest BCUT2D eigenvalue weighted by atomic mass is 10.1. The number of nitrogens with one attached hydrogen (secondary N) is 1. The number of amides is 1. The summed E-state index contributed by atoms with van der Waals surface area (Å²) in [5, 5.41) is 0.349. The van der Waals surface area contributed by atoms with Crippen molar-refractivity contribution in [2.24, 2.45) is 5.73 Å². The topological polar surface area (TPSA) is 89.3 Å². The lowest BCUT2D eigenvalue weighted by Crippen LogP contribution is -2.18. The van der Waals surface area contributed by atoms with E-state index >= 15 is 0 Å². The highest BCUT2D eigenvalue weighted by Crippen LogP contribution is 2.39. The van der Waals surface area contributed by atoms with Gasteiger partial charge in [0.05, 0.1) is 5.56 Å². The van der Waals surface area contributed by atoms with Crippen molar-refractivity contribution < 1.29 is 13.2 Å². The molecule has 1 aromatic rings. The Kier molecular flexibility index (Phi) is 3.46. The van der Waals surface area contributed by atoms with E-state index in [0.29, 0.717) is 10.6 Å². The van der Waals surface area contributed by atoms with Gasteiger partial charge in [0.25, 0.3) is 5.91 Å². The Hall–Kier alpha value is -0.600. The maximum absolute atomic E-state index is 11.5. The van der Waals surface area contributed by atoms with Gasteiger partial charge in [0, 0.05) is 4.88 Å². The van der Waals surface area contributed by atoms with E-state index in [2.05, 4.69) is 20.7 Å². The monoisotopic (exact) mass is 338 g/mol. The smallest absolute Gasteiger partial charge is 0.252 e. The minimum atomic E-state index is -3.45. The molecule has 0 fully saturated rings. The van der Waals surface area contributed by atoms with E-state index < -0.39 is 15.9 Å². The highest BCUT2D eigenvalue weighted by Gasteiger charge is 2.26. The number of fused-ring (bicyclic) bond motifs is 1. The Bertz CT molecular complexity index is 565. The van der Waals surface area contributed by atoms with E-state index in [1.54, 1.807) is 0 Å². The molecule has 17 heavy (non-hydrogen) atoms.